The molecule has 1 atom stereocenters. The molecule has 0 aliphatic carbocycles. The van der Waals surface area contributed by atoms with Crippen LogP contribution in [0.2, 0.25) is 0 Å². The Hall–Kier alpha value is -1.46. The Bertz CT molecular complexity index is 569. The van der Waals surface area contributed by atoms with Crippen LogP contribution in [0.3, 0.4) is 0 Å². The van der Waals surface area contributed by atoms with Crippen LogP contribution in [0, 0.1) is 11.2 Å². The molecule has 0 radical (unpaired) electrons. The SMILES string of the molecule is CCOC[C@H]1CC2(CCN(C(=O)Cc3ccccc3F)CC2)CO1. The monoisotopic (exact) mass is 335 g/mol. The number of hydrogen-bond donors (Lipinski definition) is 0. The highest BCUT2D eigenvalue weighted by Crippen LogP contribution is 2.42. The molecule has 1 spiro atoms. The Morgan fingerprint density at radius 1 is 1.38 bits per heavy atom. The molecule has 1 amide bonds. The van der Waals surface area contributed by atoms with Gasteiger partial charge in [0.25, 0.3) is 0 Å². The van der Waals surface area contributed by atoms with E-state index < -0.39 is 0 Å². The molecule has 0 aromatic heterocycles. The average Bonchev–Trinajstić information content (AvgIpc) is 2.98. The Labute approximate surface area is 142 Å². The van der Waals surface area contributed by atoms with Crippen molar-refractivity contribution in [2.75, 3.05) is 32.9 Å². The summed E-state index contributed by atoms with van der Waals surface area (Å²) < 4.78 is 25.0. The maximum Gasteiger partial charge on any atom is 0.227 e. The zero-order chi connectivity index (χ0) is 17.0. The highest BCUT2D eigenvalue weighted by Gasteiger charge is 2.43. The number of ether oxygens (including phenoxy) is 2. The molecule has 2 aliphatic rings. The number of rotatable bonds is 5. The molecule has 0 N–H and O–H groups in total. The highest BCUT2D eigenvalue weighted by molar-refractivity contribution is 5.78. The third kappa shape index (κ3) is 3.95. The van der Waals surface area contributed by atoms with Crippen molar-refractivity contribution in [3.63, 3.8) is 0 Å². The predicted octanol–water partition coefficient (Wildman–Crippen LogP) is 2.80. The molecule has 2 heterocycles. The lowest BCUT2D eigenvalue weighted by Gasteiger charge is -2.38. The lowest BCUT2D eigenvalue weighted by molar-refractivity contribution is -0.132. The number of carbonyl (C=O) groups is 1. The lowest BCUT2D eigenvalue weighted by Crippen LogP contribution is -2.44. The summed E-state index contributed by atoms with van der Waals surface area (Å²) in [5.41, 5.74) is 0.667. The van der Waals surface area contributed by atoms with Crippen LogP contribution in [0.4, 0.5) is 4.39 Å². The fourth-order valence-corrected chi connectivity index (χ4v) is 3.75. The van der Waals surface area contributed by atoms with Crippen molar-refractivity contribution in [1.82, 2.24) is 4.90 Å². The van der Waals surface area contributed by atoms with Crippen LogP contribution in [0.1, 0.15) is 31.7 Å². The first-order valence-corrected chi connectivity index (χ1v) is 8.82. The minimum absolute atomic E-state index is 0.0136. The number of hydrogen-bond acceptors (Lipinski definition) is 3. The number of halogens is 1. The van der Waals surface area contributed by atoms with Crippen LogP contribution >= 0.6 is 0 Å². The summed E-state index contributed by atoms with van der Waals surface area (Å²) in [5.74, 6) is -0.290. The zero-order valence-corrected chi connectivity index (χ0v) is 14.3. The average molecular weight is 335 g/mol. The third-order valence-electron chi connectivity index (χ3n) is 5.27. The van der Waals surface area contributed by atoms with E-state index in [-0.39, 0.29) is 29.7 Å². The second kappa shape index (κ2) is 7.62. The summed E-state index contributed by atoms with van der Waals surface area (Å²) >= 11 is 0. The molecule has 2 fully saturated rings. The molecule has 0 unspecified atom stereocenters. The van der Waals surface area contributed by atoms with Gasteiger partial charge in [-0.25, -0.2) is 4.39 Å². The Kier molecular flexibility index (Phi) is 5.51. The van der Waals surface area contributed by atoms with Gasteiger partial charge in [0.15, 0.2) is 0 Å². The van der Waals surface area contributed by atoms with Gasteiger partial charge in [-0.3, -0.25) is 4.79 Å². The fraction of sp³-hybridized carbons (Fsp3) is 0.632. The van der Waals surface area contributed by atoms with Gasteiger partial charge in [0.1, 0.15) is 5.82 Å². The van der Waals surface area contributed by atoms with E-state index in [0.29, 0.717) is 18.8 Å². The van der Waals surface area contributed by atoms with Crippen LogP contribution in [-0.2, 0) is 20.7 Å². The van der Waals surface area contributed by atoms with Gasteiger partial charge >= 0.3 is 0 Å². The van der Waals surface area contributed by atoms with Gasteiger partial charge in [-0.1, -0.05) is 18.2 Å². The van der Waals surface area contributed by atoms with E-state index in [0.717, 1.165) is 39.0 Å². The molecule has 132 valence electrons. The number of piperidine rings is 1. The number of benzene rings is 1. The van der Waals surface area contributed by atoms with Gasteiger partial charge in [-0.05, 0) is 43.2 Å². The van der Waals surface area contributed by atoms with Crippen molar-refractivity contribution in [3.05, 3.63) is 35.6 Å². The van der Waals surface area contributed by atoms with E-state index in [1.807, 2.05) is 11.8 Å². The molecule has 0 bridgehead atoms. The number of amides is 1. The van der Waals surface area contributed by atoms with Crippen molar-refractivity contribution in [2.45, 2.75) is 38.7 Å². The molecule has 4 nitrogen and oxygen atoms in total. The smallest absolute Gasteiger partial charge is 0.227 e. The predicted molar refractivity (Wildman–Crippen MR) is 89.2 cm³/mol. The van der Waals surface area contributed by atoms with Gasteiger partial charge in [0, 0.05) is 19.7 Å². The van der Waals surface area contributed by atoms with Crippen LogP contribution in [0.5, 0.6) is 0 Å². The first-order chi connectivity index (χ1) is 11.6. The van der Waals surface area contributed by atoms with E-state index in [2.05, 4.69) is 0 Å². The maximum atomic E-state index is 13.7. The first kappa shape index (κ1) is 17.4. The quantitative estimate of drug-likeness (QED) is 0.830. The molecular formula is C19H26FNO3. The molecule has 2 aliphatic heterocycles. The first-order valence-electron chi connectivity index (χ1n) is 8.82. The zero-order valence-electron chi connectivity index (χ0n) is 14.3. The summed E-state index contributed by atoms with van der Waals surface area (Å²) in [6.45, 7) is 5.60. The minimum atomic E-state index is -0.303. The minimum Gasteiger partial charge on any atom is -0.379 e. The Balaban J connectivity index is 1.50. The van der Waals surface area contributed by atoms with Gasteiger partial charge in [0.2, 0.25) is 5.91 Å². The molecule has 3 rings (SSSR count). The lowest BCUT2D eigenvalue weighted by atomic mass is 9.76. The maximum absolute atomic E-state index is 13.7. The number of nitrogens with zero attached hydrogens (tertiary/aromatic N) is 1. The molecule has 1 aromatic carbocycles. The van der Waals surface area contributed by atoms with Gasteiger partial charge in [0.05, 0.1) is 25.7 Å². The van der Waals surface area contributed by atoms with Crippen molar-refractivity contribution in [2.24, 2.45) is 5.41 Å². The van der Waals surface area contributed by atoms with Gasteiger partial charge in [-0.15, -0.1) is 0 Å². The number of likely N-dealkylation sites (tertiary alicyclic amines) is 1. The van der Waals surface area contributed by atoms with Crippen molar-refractivity contribution in [1.29, 1.82) is 0 Å². The van der Waals surface area contributed by atoms with Crippen LogP contribution in [-0.4, -0.2) is 49.8 Å². The second-order valence-corrected chi connectivity index (χ2v) is 6.95. The van der Waals surface area contributed by atoms with E-state index in [1.165, 1.54) is 6.07 Å². The summed E-state index contributed by atoms with van der Waals surface area (Å²) in [6.07, 6.45) is 3.26. The van der Waals surface area contributed by atoms with E-state index in [4.69, 9.17) is 9.47 Å². The summed E-state index contributed by atoms with van der Waals surface area (Å²) in [7, 11) is 0. The topological polar surface area (TPSA) is 38.8 Å². The highest BCUT2D eigenvalue weighted by atomic mass is 19.1. The van der Waals surface area contributed by atoms with E-state index >= 15 is 0 Å². The van der Waals surface area contributed by atoms with E-state index in [1.54, 1.807) is 18.2 Å². The third-order valence-corrected chi connectivity index (χ3v) is 5.27. The normalized spacial score (nSPS) is 22.9. The van der Waals surface area contributed by atoms with Crippen LogP contribution in [0.25, 0.3) is 0 Å². The summed E-state index contributed by atoms with van der Waals surface area (Å²) in [6, 6.07) is 6.50. The second-order valence-electron chi connectivity index (χ2n) is 6.95. The standard InChI is InChI=1S/C19H26FNO3/c1-2-23-13-16-12-19(14-24-16)7-9-21(10-8-19)18(22)11-15-5-3-4-6-17(15)20/h3-6,16H,2,7-14H2,1H3/t16-/m1/s1. The number of carbonyl (C=O) groups excluding carboxylic acids is 1. The molecule has 5 heteroatoms. The summed E-state index contributed by atoms with van der Waals surface area (Å²) in [5, 5.41) is 0. The Morgan fingerprint density at radius 2 is 2.12 bits per heavy atom. The molecule has 1 aromatic rings. The van der Waals surface area contributed by atoms with Crippen LogP contribution in [0.15, 0.2) is 24.3 Å². The van der Waals surface area contributed by atoms with Crippen molar-refractivity contribution in [3.8, 4) is 0 Å². The van der Waals surface area contributed by atoms with E-state index in [9.17, 15) is 9.18 Å². The molecule has 0 saturated carbocycles. The van der Waals surface area contributed by atoms with Gasteiger partial charge < -0.3 is 14.4 Å². The van der Waals surface area contributed by atoms with Crippen LogP contribution < -0.4 is 0 Å². The summed E-state index contributed by atoms with van der Waals surface area (Å²) in [4.78, 5) is 14.3. The molecule has 24 heavy (non-hydrogen) atoms. The van der Waals surface area contributed by atoms with Crippen molar-refractivity contribution < 1.29 is 18.7 Å². The Morgan fingerprint density at radius 3 is 2.83 bits per heavy atom. The fourth-order valence-electron chi connectivity index (χ4n) is 3.75. The molecular weight excluding hydrogens is 309 g/mol. The molecule has 2 saturated heterocycles. The van der Waals surface area contributed by atoms with Gasteiger partial charge in [-0.2, -0.15) is 0 Å². The largest absolute Gasteiger partial charge is 0.379 e. The van der Waals surface area contributed by atoms with Crippen molar-refractivity contribution >= 4 is 5.91 Å².